The van der Waals surface area contributed by atoms with E-state index in [4.69, 9.17) is 0 Å². The van der Waals surface area contributed by atoms with Gasteiger partial charge in [-0.2, -0.15) is 0 Å². The van der Waals surface area contributed by atoms with Crippen molar-refractivity contribution in [3.05, 3.63) is 108 Å². The Bertz CT molecular complexity index is 1060. The number of hydrogen-bond acceptors (Lipinski definition) is 2. The molecule has 0 heterocycles. The number of aromatic hydroxyl groups is 1. The molecular weight excluding hydrogens is 318 g/mol. The first-order valence-electron chi connectivity index (χ1n) is 8.67. The molecule has 0 unspecified atom stereocenters. The van der Waals surface area contributed by atoms with Crippen LogP contribution in [0, 0.1) is 0 Å². The van der Waals surface area contributed by atoms with Crippen LogP contribution in [0.1, 0.15) is 16.7 Å². The lowest BCUT2D eigenvalue weighted by Gasteiger charge is -2.06. The Morgan fingerprint density at radius 1 is 0.731 bits per heavy atom. The van der Waals surface area contributed by atoms with Gasteiger partial charge in [0.15, 0.2) is 0 Å². The van der Waals surface area contributed by atoms with E-state index in [-0.39, 0.29) is 5.75 Å². The van der Waals surface area contributed by atoms with Crippen molar-refractivity contribution in [3.63, 3.8) is 0 Å². The van der Waals surface area contributed by atoms with Gasteiger partial charge in [0.1, 0.15) is 5.75 Å². The number of hydrogen-bond donors (Lipinski definition) is 1. The average molecular weight is 337 g/mol. The van der Waals surface area contributed by atoms with Crippen LogP contribution in [0.5, 0.6) is 5.75 Å². The third-order valence-corrected chi connectivity index (χ3v) is 4.45. The van der Waals surface area contributed by atoms with Crippen LogP contribution in [-0.2, 0) is 6.42 Å². The van der Waals surface area contributed by atoms with E-state index in [1.807, 2.05) is 54.6 Å². The molecule has 26 heavy (non-hydrogen) atoms. The third kappa shape index (κ3) is 3.50. The smallest absolute Gasteiger partial charge is 0.124 e. The van der Waals surface area contributed by atoms with E-state index in [2.05, 4.69) is 35.3 Å². The molecule has 0 saturated heterocycles. The first kappa shape index (κ1) is 16.1. The molecule has 4 aromatic carbocycles. The molecule has 1 N–H and O–H groups in total. The highest BCUT2D eigenvalue weighted by molar-refractivity contribution is 5.95. The van der Waals surface area contributed by atoms with Crippen molar-refractivity contribution in [2.75, 3.05) is 0 Å². The largest absolute Gasteiger partial charge is 0.507 e. The van der Waals surface area contributed by atoms with E-state index in [0.29, 0.717) is 0 Å². The summed E-state index contributed by atoms with van der Waals surface area (Å²) in [4.78, 5) is 4.63. The van der Waals surface area contributed by atoms with Gasteiger partial charge in [0.25, 0.3) is 0 Å². The minimum atomic E-state index is 0.241. The fourth-order valence-corrected chi connectivity index (χ4v) is 3.11. The van der Waals surface area contributed by atoms with Crippen molar-refractivity contribution in [1.29, 1.82) is 0 Å². The summed E-state index contributed by atoms with van der Waals surface area (Å²) in [5.74, 6) is 0.241. The Hall–Kier alpha value is -3.39. The van der Waals surface area contributed by atoms with Crippen LogP contribution in [0.2, 0.25) is 0 Å². The Balaban J connectivity index is 1.65. The van der Waals surface area contributed by atoms with E-state index >= 15 is 0 Å². The summed E-state index contributed by atoms with van der Waals surface area (Å²) in [6.07, 6.45) is 2.57. The molecular formula is C24H19NO. The summed E-state index contributed by atoms with van der Waals surface area (Å²) in [6, 6.07) is 30.2. The summed E-state index contributed by atoms with van der Waals surface area (Å²) >= 11 is 0. The van der Waals surface area contributed by atoms with Crippen molar-refractivity contribution in [2.24, 2.45) is 4.99 Å². The molecule has 0 spiro atoms. The van der Waals surface area contributed by atoms with Gasteiger partial charge >= 0.3 is 0 Å². The van der Waals surface area contributed by atoms with Crippen LogP contribution in [0.4, 0.5) is 5.69 Å². The zero-order valence-corrected chi connectivity index (χ0v) is 14.3. The van der Waals surface area contributed by atoms with Crippen LogP contribution in [0.25, 0.3) is 10.8 Å². The van der Waals surface area contributed by atoms with Crippen molar-refractivity contribution >= 4 is 22.7 Å². The van der Waals surface area contributed by atoms with Crippen molar-refractivity contribution in [1.82, 2.24) is 0 Å². The quantitative estimate of drug-likeness (QED) is 0.463. The van der Waals surface area contributed by atoms with Crippen LogP contribution in [0.3, 0.4) is 0 Å². The van der Waals surface area contributed by atoms with Gasteiger partial charge in [-0.3, -0.25) is 4.99 Å². The molecule has 0 aliphatic heterocycles. The summed E-state index contributed by atoms with van der Waals surface area (Å²) in [5, 5.41) is 12.5. The highest BCUT2D eigenvalue weighted by atomic mass is 16.3. The maximum Gasteiger partial charge on any atom is 0.124 e. The number of phenols is 1. The van der Waals surface area contributed by atoms with E-state index in [1.165, 1.54) is 5.56 Å². The summed E-state index contributed by atoms with van der Waals surface area (Å²) in [5.41, 5.74) is 4.02. The molecule has 4 rings (SSSR count). The molecule has 4 aromatic rings. The predicted octanol–water partition coefficient (Wildman–Crippen LogP) is 5.89. The van der Waals surface area contributed by atoms with Gasteiger partial charge < -0.3 is 5.11 Å². The Morgan fingerprint density at radius 2 is 1.50 bits per heavy atom. The minimum absolute atomic E-state index is 0.241. The number of fused-ring (bicyclic) bond motifs is 1. The van der Waals surface area contributed by atoms with Crippen LogP contribution in [-0.4, -0.2) is 11.3 Å². The van der Waals surface area contributed by atoms with Crippen molar-refractivity contribution < 1.29 is 5.11 Å². The van der Waals surface area contributed by atoms with Crippen LogP contribution >= 0.6 is 0 Å². The normalized spacial score (nSPS) is 11.2. The molecule has 0 aliphatic rings. The molecule has 0 atom stereocenters. The molecule has 0 saturated carbocycles. The Morgan fingerprint density at radius 3 is 2.38 bits per heavy atom. The van der Waals surface area contributed by atoms with Gasteiger partial charge in [-0.1, -0.05) is 72.8 Å². The molecule has 2 nitrogen and oxygen atoms in total. The Labute approximate surface area is 153 Å². The number of nitrogens with zero attached hydrogens (tertiary/aromatic N) is 1. The lowest BCUT2D eigenvalue weighted by Crippen LogP contribution is -1.91. The van der Waals surface area contributed by atoms with Gasteiger partial charge in [0, 0.05) is 17.2 Å². The first-order valence-corrected chi connectivity index (χ1v) is 8.67. The molecule has 0 aliphatic carbocycles. The zero-order valence-electron chi connectivity index (χ0n) is 14.3. The van der Waals surface area contributed by atoms with Crippen molar-refractivity contribution in [3.8, 4) is 5.75 Å². The fraction of sp³-hybridized carbons (Fsp3) is 0.0417. The van der Waals surface area contributed by atoms with Crippen LogP contribution < -0.4 is 0 Å². The van der Waals surface area contributed by atoms with E-state index in [9.17, 15) is 5.11 Å². The van der Waals surface area contributed by atoms with Gasteiger partial charge in [0.05, 0.1) is 5.69 Å². The summed E-state index contributed by atoms with van der Waals surface area (Å²) in [6.45, 7) is 0. The Kier molecular flexibility index (Phi) is 4.48. The highest BCUT2D eigenvalue weighted by Gasteiger charge is 2.03. The highest BCUT2D eigenvalue weighted by Crippen LogP contribution is 2.26. The first-order chi connectivity index (χ1) is 12.8. The van der Waals surface area contributed by atoms with Gasteiger partial charge in [-0.05, 0) is 41.1 Å². The number of aliphatic imine (C=N–C) groups is 1. The number of rotatable bonds is 4. The topological polar surface area (TPSA) is 32.6 Å². The van der Waals surface area contributed by atoms with Crippen molar-refractivity contribution in [2.45, 2.75) is 6.42 Å². The second-order valence-electron chi connectivity index (χ2n) is 6.31. The van der Waals surface area contributed by atoms with Gasteiger partial charge in [0.2, 0.25) is 0 Å². The van der Waals surface area contributed by atoms with E-state index in [1.54, 1.807) is 12.3 Å². The number of benzene rings is 4. The zero-order chi connectivity index (χ0) is 17.8. The maximum absolute atomic E-state index is 10.2. The second kappa shape index (κ2) is 7.24. The monoisotopic (exact) mass is 337 g/mol. The molecule has 0 amide bonds. The standard InChI is InChI=1S/C24H19NO/c26-24-14-13-19(15-18-7-2-1-3-8-18)16-21(24)17-25-23-12-6-10-20-9-4-5-11-22(20)23/h1-14,16-17,26H,15H2. The number of phenolic OH excluding ortho intramolecular Hbond substituents is 1. The molecule has 2 heteroatoms. The van der Waals surface area contributed by atoms with Gasteiger partial charge in [-0.15, -0.1) is 0 Å². The molecule has 0 bridgehead atoms. The lowest BCUT2D eigenvalue weighted by atomic mass is 10.0. The summed E-state index contributed by atoms with van der Waals surface area (Å²) < 4.78 is 0. The molecule has 126 valence electrons. The van der Waals surface area contributed by atoms with E-state index < -0.39 is 0 Å². The fourth-order valence-electron chi connectivity index (χ4n) is 3.11. The van der Waals surface area contributed by atoms with Crippen LogP contribution in [0.15, 0.2) is 96.0 Å². The van der Waals surface area contributed by atoms with E-state index in [0.717, 1.165) is 34.0 Å². The SMILES string of the molecule is Oc1ccc(Cc2ccccc2)cc1C=Nc1cccc2ccccc12. The molecule has 0 aromatic heterocycles. The van der Waals surface area contributed by atoms with Gasteiger partial charge in [-0.25, -0.2) is 0 Å². The third-order valence-electron chi connectivity index (χ3n) is 4.45. The average Bonchev–Trinajstić information content (AvgIpc) is 2.69. The maximum atomic E-state index is 10.2. The predicted molar refractivity (Wildman–Crippen MR) is 109 cm³/mol. The lowest BCUT2D eigenvalue weighted by molar-refractivity contribution is 0.474. The molecule has 0 radical (unpaired) electrons. The minimum Gasteiger partial charge on any atom is -0.507 e. The summed E-state index contributed by atoms with van der Waals surface area (Å²) in [7, 11) is 0. The second-order valence-corrected chi connectivity index (χ2v) is 6.31. The molecule has 0 fully saturated rings.